The van der Waals surface area contributed by atoms with Gasteiger partial charge in [-0.15, -0.1) is 0 Å². The van der Waals surface area contributed by atoms with Crippen LogP contribution in [0.2, 0.25) is 0 Å². The van der Waals surface area contributed by atoms with Gasteiger partial charge in [0.15, 0.2) is 0 Å². The van der Waals surface area contributed by atoms with Gasteiger partial charge in [0.1, 0.15) is 0 Å². The van der Waals surface area contributed by atoms with Gasteiger partial charge in [-0.3, -0.25) is 0 Å². The molecule has 0 aromatic rings. The van der Waals surface area contributed by atoms with E-state index in [-0.39, 0.29) is 0 Å². The first kappa shape index (κ1) is 10.5. The molecule has 0 aromatic heterocycles. The van der Waals surface area contributed by atoms with Crippen molar-refractivity contribution in [1.29, 1.82) is 0 Å². The molecule has 0 fully saturated rings. The van der Waals surface area contributed by atoms with Gasteiger partial charge in [0.25, 0.3) is 0 Å². The molecule has 0 amide bonds. The summed E-state index contributed by atoms with van der Waals surface area (Å²) in [5, 5.41) is 0. The van der Waals surface area contributed by atoms with Crippen molar-refractivity contribution in [1.82, 2.24) is 0 Å². The summed E-state index contributed by atoms with van der Waals surface area (Å²) < 4.78 is 57.8. The highest BCUT2D eigenvalue weighted by Gasteiger charge is 2.57. The van der Waals surface area contributed by atoms with Gasteiger partial charge in [-0.05, 0) is 0 Å². The summed E-state index contributed by atoms with van der Waals surface area (Å²) in [6, 6.07) is 0. The predicted molar refractivity (Wildman–Crippen MR) is 32.4 cm³/mol. The van der Waals surface area contributed by atoms with Gasteiger partial charge in [-0.2, -0.15) is 22.0 Å². The Morgan fingerprint density at radius 1 is 1.18 bits per heavy atom. The van der Waals surface area contributed by atoms with Crippen molar-refractivity contribution in [2.45, 2.75) is 18.5 Å². The normalized spacial score (nSPS) is 13.2. The zero-order valence-corrected chi connectivity index (χ0v) is 5.90. The largest absolute Gasteiger partial charge is 0.453 e. The Hall–Kier alpha value is -0.460. The predicted octanol–water partition coefficient (Wildman–Crippen LogP) is 1.86. The minimum Gasteiger partial charge on any atom is -0.393 e. The molecule has 0 aliphatic rings. The highest BCUT2D eigenvalue weighted by molar-refractivity contribution is 7.80. The maximum Gasteiger partial charge on any atom is 0.453 e. The molecule has 0 saturated carbocycles. The minimum absolute atomic E-state index is 0.854. The number of hydrogen-bond acceptors (Lipinski definition) is 1. The van der Waals surface area contributed by atoms with Crippen molar-refractivity contribution in [3.63, 3.8) is 0 Å². The molecule has 0 heterocycles. The number of hydrogen-bond donors (Lipinski definition) is 1. The second-order valence-corrected chi connectivity index (χ2v) is 2.37. The number of nitrogens with two attached hydrogens (primary N) is 1. The summed E-state index contributed by atoms with van der Waals surface area (Å²) in [7, 11) is 0. The molecule has 0 rings (SSSR count). The third-order valence-corrected chi connectivity index (χ3v) is 0.955. The van der Waals surface area contributed by atoms with E-state index in [1.54, 1.807) is 0 Å². The Morgan fingerprint density at radius 2 is 1.55 bits per heavy atom. The number of rotatable bonds is 2. The van der Waals surface area contributed by atoms with Gasteiger partial charge in [-0.1, -0.05) is 12.2 Å². The van der Waals surface area contributed by atoms with Crippen LogP contribution in [0, 0.1) is 0 Å². The zero-order chi connectivity index (χ0) is 9.28. The molecule has 0 spiro atoms. The monoisotopic (exact) mass is 193 g/mol. The molecule has 0 radical (unpaired) electrons. The van der Waals surface area contributed by atoms with E-state index in [4.69, 9.17) is 0 Å². The van der Waals surface area contributed by atoms with Crippen LogP contribution >= 0.6 is 12.2 Å². The molecular formula is C4H4F5NS. The van der Waals surface area contributed by atoms with Crippen molar-refractivity contribution in [2.75, 3.05) is 0 Å². The smallest absolute Gasteiger partial charge is 0.393 e. The van der Waals surface area contributed by atoms with Crippen LogP contribution in [0.25, 0.3) is 0 Å². The fraction of sp³-hybridized carbons (Fsp3) is 0.750. The number of alkyl halides is 5. The zero-order valence-electron chi connectivity index (χ0n) is 5.08. The van der Waals surface area contributed by atoms with Crippen LogP contribution in [0.3, 0.4) is 0 Å². The van der Waals surface area contributed by atoms with Crippen LogP contribution in [-0.4, -0.2) is 17.1 Å². The van der Waals surface area contributed by atoms with Gasteiger partial charge in [-0.25, -0.2) is 0 Å². The Bertz CT molecular complexity index is 162. The molecule has 1 nitrogen and oxygen atoms in total. The van der Waals surface area contributed by atoms with Gasteiger partial charge < -0.3 is 5.73 Å². The lowest BCUT2D eigenvalue weighted by molar-refractivity contribution is -0.278. The van der Waals surface area contributed by atoms with Crippen LogP contribution < -0.4 is 5.73 Å². The van der Waals surface area contributed by atoms with Gasteiger partial charge in [0, 0.05) is 0 Å². The van der Waals surface area contributed by atoms with Crippen LogP contribution in [-0.2, 0) is 0 Å². The molecule has 0 saturated heterocycles. The average Bonchev–Trinajstić information content (AvgIpc) is 1.56. The summed E-state index contributed by atoms with van der Waals surface area (Å²) in [6.45, 7) is 0. The van der Waals surface area contributed by atoms with Gasteiger partial charge in [0.05, 0.1) is 11.4 Å². The fourth-order valence-electron chi connectivity index (χ4n) is 0.319. The quantitative estimate of drug-likeness (QED) is 0.535. The van der Waals surface area contributed by atoms with Crippen molar-refractivity contribution >= 4 is 17.2 Å². The SMILES string of the molecule is NC(=S)CC(F)(F)C(F)(F)F. The Morgan fingerprint density at radius 3 is 1.64 bits per heavy atom. The highest BCUT2D eigenvalue weighted by Crippen LogP contribution is 2.37. The summed E-state index contributed by atoms with van der Waals surface area (Å²) in [4.78, 5) is -0.854. The van der Waals surface area contributed by atoms with E-state index >= 15 is 0 Å². The van der Waals surface area contributed by atoms with E-state index in [9.17, 15) is 22.0 Å². The first-order chi connectivity index (χ1) is 4.67. The molecule has 7 heteroatoms. The highest BCUT2D eigenvalue weighted by atomic mass is 32.1. The van der Waals surface area contributed by atoms with Crippen molar-refractivity contribution < 1.29 is 22.0 Å². The molecule has 0 aliphatic carbocycles. The van der Waals surface area contributed by atoms with E-state index < -0.39 is 23.5 Å². The number of halogens is 5. The van der Waals surface area contributed by atoms with Crippen LogP contribution in [0.15, 0.2) is 0 Å². The molecular weight excluding hydrogens is 189 g/mol. The lowest BCUT2D eigenvalue weighted by Crippen LogP contribution is -2.39. The Balaban J connectivity index is 4.34. The van der Waals surface area contributed by atoms with Gasteiger partial charge in [0.2, 0.25) is 0 Å². The van der Waals surface area contributed by atoms with Crippen molar-refractivity contribution in [2.24, 2.45) is 5.73 Å². The molecule has 0 aromatic carbocycles. The molecule has 0 aliphatic heterocycles. The van der Waals surface area contributed by atoms with Crippen LogP contribution in [0.1, 0.15) is 6.42 Å². The third-order valence-electron chi connectivity index (χ3n) is 0.811. The van der Waals surface area contributed by atoms with E-state index in [1.165, 1.54) is 0 Å². The molecule has 0 atom stereocenters. The summed E-state index contributed by atoms with van der Waals surface area (Å²) in [5.41, 5.74) is 4.53. The third kappa shape index (κ3) is 2.96. The molecule has 0 unspecified atom stereocenters. The maximum absolute atomic E-state index is 11.9. The van der Waals surface area contributed by atoms with Crippen LogP contribution in [0.4, 0.5) is 22.0 Å². The lowest BCUT2D eigenvalue weighted by Gasteiger charge is -2.18. The molecule has 2 N–H and O–H groups in total. The lowest BCUT2D eigenvalue weighted by atomic mass is 10.2. The van der Waals surface area contributed by atoms with Crippen LogP contribution in [0.5, 0.6) is 0 Å². The second kappa shape index (κ2) is 2.88. The van der Waals surface area contributed by atoms with E-state index in [2.05, 4.69) is 18.0 Å². The molecule has 66 valence electrons. The van der Waals surface area contributed by atoms with Gasteiger partial charge >= 0.3 is 12.1 Å². The molecule has 11 heavy (non-hydrogen) atoms. The summed E-state index contributed by atoms with van der Waals surface area (Å²) in [5.74, 6) is -4.81. The Kier molecular flexibility index (Phi) is 2.76. The summed E-state index contributed by atoms with van der Waals surface area (Å²) in [6.07, 6.45) is -7.21. The van der Waals surface area contributed by atoms with E-state index in [0.717, 1.165) is 0 Å². The topological polar surface area (TPSA) is 26.0 Å². The second-order valence-electron chi connectivity index (χ2n) is 1.85. The van der Waals surface area contributed by atoms with Crippen molar-refractivity contribution in [3.8, 4) is 0 Å². The minimum atomic E-state index is -5.57. The Labute approximate surface area is 64.4 Å². The van der Waals surface area contributed by atoms with E-state index in [0.29, 0.717) is 0 Å². The van der Waals surface area contributed by atoms with Crippen molar-refractivity contribution in [3.05, 3.63) is 0 Å². The molecule has 0 bridgehead atoms. The number of thiocarbonyl (C=S) groups is 1. The standard InChI is InChI=1S/C4H4F5NS/c5-3(6,1-2(10)11)4(7,8)9/h1H2,(H2,10,11). The fourth-order valence-corrected chi connectivity index (χ4v) is 0.500. The summed E-state index contributed by atoms with van der Waals surface area (Å²) >= 11 is 3.91. The average molecular weight is 193 g/mol. The van der Waals surface area contributed by atoms with E-state index in [1.807, 2.05) is 0 Å². The first-order valence-corrected chi connectivity index (χ1v) is 2.80. The first-order valence-electron chi connectivity index (χ1n) is 2.39. The maximum atomic E-state index is 11.9.